The summed E-state index contributed by atoms with van der Waals surface area (Å²) in [6.45, 7) is 3.80. The molecule has 0 spiro atoms. The highest BCUT2D eigenvalue weighted by atomic mass is 32.1. The maximum Gasteiger partial charge on any atom is 0.272 e. The number of hydrogen-bond acceptors (Lipinski definition) is 6. The minimum Gasteiger partial charge on any atom is -0.372 e. The summed E-state index contributed by atoms with van der Waals surface area (Å²) in [6, 6.07) is 0. The lowest BCUT2D eigenvalue weighted by atomic mass is 10.1. The topological polar surface area (TPSA) is 79.8 Å². The second-order valence-electron chi connectivity index (χ2n) is 4.46. The van der Waals surface area contributed by atoms with Gasteiger partial charge in [-0.1, -0.05) is 0 Å². The lowest BCUT2D eigenvalue weighted by molar-refractivity contribution is 0.0906. The van der Waals surface area contributed by atoms with Crippen LogP contribution in [0.3, 0.4) is 0 Å². The van der Waals surface area contributed by atoms with Gasteiger partial charge in [0.2, 0.25) is 0 Å². The zero-order chi connectivity index (χ0) is 13.9. The Bertz CT molecular complexity index is 567. The van der Waals surface area contributed by atoms with Crippen LogP contribution in [0.25, 0.3) is 0 Å². The van der Waals surface area contributed by atoms with E-state index in [2.05, 4.69) is 25.6 Å². The van der Waals surface area contributed by atoms with E-state index in [1.807, 2.05) is 19.2 Å². The Morgan fingerprint density at radius 3 is 2.79 bits per heavy atom. The number of thiazole rings is 1. The average molecular weight is 277 g/mol. The van der Waals surface area contributed by atoms with Crippen LogP contribution in [0, 0.1) is 0 Å². The molecule has 2 N–H and O–H groups in total. The SMILES string of the molecule is CNc1cncc(C(=O)NC(C)(C)c2nccs2)n1. The highest BCUT2D eigenvalue weighted by Crippen LogP contribution is 2.22. The summed E-state index contributed by atoms with van der Waals surface area (Å²) in [5.41, 5.74) is -0.265. The van der Waals surface area contributed by atoms with E-state index >= 15 is 0 Å². The molecule has 6 nitrogen and oxygen atoms in total. The highest BCUT2D eigenvalue weighted by molar-refractivity contribution is 7.09. The summed E-state index contributed by atoms with van der Waals surface area (Å²) in [5.74, 6) is 0.282. The molecule has 0 aliphatic carbocycles. The van der Waals surface area contributed by atoms with Crippen LogP contribution in [0.5, 0.6) is 0 Å². The van der Waals surface area contributed by atoms with Crippen molar-refractivity contribution in [3.63, 3.8) is 0 Å². The van der Waals surface area contributed by atoms with Crippen molar-refractivity contribution in [3.05, 3.63) is 34.7 Å². The van der Waals surface area contributed by atoms with E-state index in [0.29, 0.717) is 5.82 Å². The van der Waals surface area contributed by atoms with Gasteiger partial charge in [0, 0.05) is 18.6 Å². The van der Waals surface area contributed by atoms with Crippen LogP contribution in [-0.4, -0.2) is 27.9 Å². The van der Waals surface area contributed by atoms with Gasteiger partial charge < -0.3 is 10.6 Å². The molecule has 0 bridgehead atoms. The third kappa shape index (κ3) is 3.05. The third-order valence-corrected chi connectivity index (χ3v) is 3.61. The number of aromatic nitrogens is 3. The minimum absolute atomic E-state index is 0.273. The molecule has 0 aromatic carbocycles. The second-order valence-corrected chi connectivity index (χ2v) is 5.35. The Balaban J connectivity index is 2.16. The Morgan fingerprint density at radius 2 is 2.16 bits per heavy atom. The van der Waals surface area contributed by atoms with Crippen molar-refractivity contribution in [2.45, 2.75) is 19.4 Å². The molecule has 0 aliphatic rings. The first-order chi connectivity index (χ1) is 9.03. The zero-order valence-corrected chi connectivity index (χ0v) is 11.8. The Kier molecular flexibility index (Phi) is 3.75. The van der Waals surface area contributed by atoms with Gasteiger partial charge in [-0.05, 0) is 13.8 Å². The quantitative estimate of drug-likeness (QED) is 0.888. The fourth-order valence-corrected chi connectivity index (χ4v) is 2.25. The lowest BCUT2D eigenvalue weighted by Gasteiger charge is -2.23. The van der Waals surface area contributed by atoms with Crippen molar-refractivity contribution in [2.75, 3.05) is 12.4 Å². The first kappa shape index (κ1) is 13.4. The molecule has 2 aromatic heterocycles. The van der Waals surface area contributed by atoms with Crippen LogP contribution in [0.4, 0.5) is 5.82 Å². The molecule has 7 heteroatoms. The van der Waals surface area contributed by atoms with Crippen molar-refractivity contribution in [2.24, 2.45) is 0 Å². The third-order valence-electron chi connectivity index (χ3n) is 2.52. The number of rotatable bonds is 4. The summed E-state index contributed by atoms with van der Waals surface area (Å²) in [6.07, 6.45) is 4.71. The average Bonchev–Trinajstić information content (AvgIpc) is 2.93. The molecule has 0 fully saturated rings. The van der Waals surface area contributed by atoms with E-state index in [4.69, 9.17) is 0 Å². The van der Waals surface area contributed by atoms with Crippen LogP contribution in [0.1, 0.15) is 29.3 Å². The van der Waals surface area contributed by atoms with Gasteiger partial charge in [-0.25, -0.2) is 9.97 Å². The van der Waals surface area contributed by atoms with Crippen molar-refractivity contribution >= 4 is 23.1 Å². The number of carbonyl (C=O) groups is 1. The zero-order valence-electron chi connectivity index (χ0n) is 11.0. The number of carbonyl (C=O) groups excluding carboxylic acids is 1. The highest BCUT2D eigenvalue weighted by Gasteiger charge is 2.26. The fraction of sp³-hybridized carbons (Fsp3) is 0.333. The molecule has 2 heterocycles. The molecule has 0 unspecified atom stereocenters. The van der Waals surface area contributed by atoms with Gasteiger partial charge in [-0.2, -0.15) is 0 Å². The molecule has 2 rings (SSSR count). The van der Waals surface area contributed by atoms with E-state index in [9.17, 15) is 4.79 Å². The Labute approximate surface area is 115 Å². The van der Waals surface area contributed by atoms with Crippen molar-refractivity contribution in [1.82, 2.24) is 20.3 Å². The molecular weight excluding hydrogens is 262 g/mol. The Morgan fingerprint density at radius 1 is 1.37 bits per heavy atom. The van der Waals surface area contributed by atoms with E-state index < -0.39 is 5.54 Å². The predicted octanol–water partition coefficient (Wildman–Crippen LogP) is 1.64. The summed E-state index contributed by atoms with van der Waals surface area (Å²) < 4.78 is 0. The standard InChI is InChI=1S/C12H15N5OS/c1-12(2,11-15-4-5-19-11)17-10(18)8-6-14-7-9(13-3)16-8/h4-7H,1-3H3,(H,13,16)(H,17,18). The van der Waals surface area contributed by atoms with Gasteiger partial charge in [0.05, 0.1) is 17.9 Å². The van der Waals surface area contributed by atoms with Gasteiger partial charge in [-0.15, -0.1) is 11.3 Å². The second kappa shape index (κ2) is 5.31. The lowest BCUT2D eigenvalue weighted by Crippen LogP contribution is -2.41. The van der Waals surface area contributed by atoms with Crippen LogP contribution in [0.2, 0.25) is 0 Å². The van der Waals surface area contributed by atoms with Crippen molar-refractivity contribution < 1.29 is 4.79 Å². The number of anilines is 1. The molecule has 0 saturated carbocycles. The Hall–Kier alpha value is -2.02. The molecule has 0 saturated heterocycles. The normalized spacial score (nSPS) is 11.1. The molecule has 19 heavy (non-hydrogen) atoms. The van der Waals surface area contributed by atoms with Gasteiger partial charge in [0.15, 0.2) is 0 Å². The maximum absolute atomic E-state index is 12.2. The summed E-state index contributed by atoms with van der Waals surface area (Å²) in [4.78, 5) is 24.5. The molecule has 0 aliphatic heterocycles. The molecule has 2 aromatic rings. The molecule has 1 amide bonds. The largest absolute Gasteiger partial charge is 0.372 e. The van der Waals surface area contributed by atoms with Crippen molar-refractivity contribution in [1.29, 1.82) is 0 Å². The van der Waals surface area contributed by atoms with E-state index in [0.717, 1.165) is 5.01 Å². The van der Waals surface area contributed by atoms with Crippen LogP contribution < -0.4 is 10.6 Å². The number of nitrogens with zero attached hydrogens (tertiary/aromatic N) is 3. The number of amides is 1. The first-order valence-corrected chi connectivity index (χ1v) is 6.63. The van der Waals surface area contributed by atoms with Gasteiger partial charge in [-0.3, -0.25) is 9.78 Å². The molecule has 0 radical (unpaired) electrons. The summed E-state index contributed by atoms with van der Waals surface area (Å²) in [7, 11) is 1.73. The molecular formula is C12H15N5OS. The van der Waals surface area contributed by atoms with Crippen LogP contribution in [0.15, 0.2) is 24.0 Å². The minimum atomic E-state index is -0.539. The monoisotopic (exact) mass is 277 g/mol. The fourth-order valence-electron chi connectivity index (χ4n) is 1.53. The molecule has 0 atom stereocenters. The van der Waals surface area contributed by atoms with Gasteiger partial charge in [0.1, 0.15) is 16.5 Å². The predicted molar refractivity (Wildman–Crippen MR) is 74.2 cm³/mol. The summed E-state index contributed by atoms with van der Waals surface area (Å²) in [5, 5.41) is 8.48. The first-order valence-electron chi connectivity index (χ1n) is 5.75. The van der Waals surface area contributed by atoms with Gasteiger partial charge in [0.25, 0.3) is 5.91 Å². The summed E-state index contributed by atoms with van der Waals surface area (Å²) >= 11 is 1.50. The van der Waals surface area contributed by atoms with Crippen molar-refractivity contribution in [3.8, 4) is 0 Å². The molecule has 100 valence electrons. The number of nitrogens with one attached hydrogen (secondary N) is 2. The van der Waals surface area contributed by atoms with E-state index in [-0.39, 0.29) is 11.6 Å². The van der Waals surface area contributed by atoms with E-state index in [1.54, 1.807) is 19.4 Å². The maximum atomic E-state index is 12.2. The van der Waals surface area contributed by atoms with E-state index in [1.165, 1.54) is 17.5 Å². The van der Waals surface area contributed by atoms with Crippen LogP contribution >= 0.6 is 11.3 Å². The van der Waals surface area contributed by atoms with Crippen LogP contribution in [-0.2, 0) is 5.54 Å². The smallest absolute Gasteiger partial charge is 0.272 e. The van der Waals surface area contributed by atoms with Gasteiger partial charge >= 0.3 is 0 Å². The number of hydrogen-bond donors (Lipinski definition) is 2.